The zero-order valence-corrected chi connectivity index (χ0v) is 12.7. The Hall–Kier alpha value is -2.71. The second-order valence-corrected chi connectivity index (χ2v) is 5.35. The Labute approximate surface area is 136 Å². The Kier molecular flexibility index (Phi) is 4.88. The lowest BCUT2D eigenvalue weighted by molar-refractivity contribution is 0.234. The maximum Gasteiger partial charge on any atom is 0.315 e. The van der Waals surface area contributed by atoms with Gasteiger partial charge < -0.3 is 19.9 Å². The number of carbonyl (C=O) groups excluding carboxylic acids is 1. The SMILES string of the molecule is O=C(NCCOc1ccc(F)c(F)c1)NCc1nc(C2CC2)no1. The van der Waals surface area contributed by atoms with E-state index in [1.165, 1.54) is 6.07 Å². The van der Waals surface area contributed by atoms with Gasteiger partial charge in [0.2, 0.25) is 5.89 Å². The van der Waals surface area contributed by atoms with Crippen molar-refractivity contribution in [1.82, 2.24) is 20.8 Å². The molecule has 1 aromatic heterocycles. The fourth-order valence-corrected chi connectivity index (χ4v) is 1.97. The number of benzene rings is 1. The van der Waals surface area contributed by atoms with Crippen LogP contribution in [0.15, 0.2) is 22.7 Å². The third-order valence-corrected chi connectivity index (χ3v) is 3.37. The third kappa shape index (κ3) is 4.40. The van der Waals surface area contributed by atoms with E-state index in [0.29, 0.717) is 17.6 Å². The number of nitrogens with one attached hydrogen (secondary N) is 2. The van der Waals surface area contributed by atoms with Crippen LogP contribution in [0.5, 0.6) is 5.75 Å². The monoisotopic (exact) mass is 338 g/mol. The maximum atomic E-state index is 13.0. The number of hydrogen-bond acceptors (Lipinski definition) is 5. The third-order valence-electron chi connectivity index (χ3n) is 3.37. The second kappa shape index (κ2) is 7.24. The predicted molar refractivity (Wildman–Crippen MR) is 78.4 cm³/mol. The fourth-order valence-electron chi connectivity index (χ4n) is 1.97. The Bertz CT molecular complexity index is 718. The van der Waals surface area contributed by atoms with Crippen LogP contribution >= 0.6 is 0 Å². The van der Waals surface area contributed by atoms with Crippen LogP contribution in [0.4, 0.5) is 13.6 Å². The highest BCUT2D eigenvalue weighted by Crippen LogP contribution is 2.37. The number of nitrogens with zero attached hydrogens (tertiary/aromatic N) is 2. The molecule has 128 valence electrons. The van der Waals surface area contributed by atoms with Crippen molar-refractivity contribution in [2.24, 2.45) is 0 Å². The van der Waals surface area contributed by atoms with Crippen molar-refractivity contribution in [3.05, 3.63) is 41.5 Å². The van der Waals surface area contributed by atoms with Crippen molar-refractivity contribution in [3.63, 3.8) is 0 Å². The van der Waals surface area contributed by atoms with Crippen molar-refractivity contribution in [2.75, 3.05) is 13.2 Å². The normalized spacial score (nSPS) is 13.6. The number of aromatic nitrogens is 2. The van der Waals surface area contributed by atoms with Gasteiger partial charge in [0, 0.05) is 12.0 Å². The Balaban J connectivity index is 1.32. The smallest absolute Gasteiger partial charge is 0.315 e. The first kappa shape index (κ1) is 16.2. The van der Waals surface area contributed by atoms with Crippen molar-refractivity contribution in [3.8, 4) is 5.75 Å². The van der Waals surface area contributed by atoms with E-state index >= 15 is 0 Å². The molecule has 2 N–H and O–H groups in total. The van der Waals surface area contributed by atoms with Gasteiger partial charge in [-0.1, -0.05) is 5.16 Å². The molecule has 7 nitrogen and oxygen atoms in total. The molecule has 3 rings (SSSR count). The lowest BCUT2D eigenvalue weighted by Gasteiger charge is -2.08. The van der Waals surface area contributed by atoms with Crippen LogP contribution in [0, 0.1) is 11.6 Å². The quantitative estimate of drug-likeness (QED) is 0.755. The number of urea groups is 1. The summed E-state index contributed by atoms with van der Waals surface area (Å²) in [6.07, 6.45) is 2.15. The van der Waals surface area contributed by atoms with Gasteiger partial charge in [-0.25, -0.2) is 13.6 Å². The summed E-state index contributed by atoms with van der Waals surface area (Å²) in [6.45, 7) is 0.447. The zero-order chi connectivity index (χ0) is 16.9. The average Bonchev–Trinajstić information content (AvgIpc) is 3.31. The van der Waals surface area contributed by atoms with E-state index in [1.807, 2.05) is 0 Å². The van der Waals surface area contributed by atoms with Crippen LogP contribution in [0.1, 0.15) is 30.5 Å². The topological polar surface area (TPSA) is 89.3 Å². The molecule has 24 heavy (non-hydrogen) atoms. The first-order chi connectivity index (χ1) is 11.6. The Morgan fingerprint density at radius 2 is 2.12 bits per heavy atom. The zero-order valence-electron chi connectivity index (χ0n) is 12.7. The minimum Gasteiger partial charge on any atom is -0.492 e. The van der Waals surface area contributed by atoms with Crippen molar-refractivity contribution < 1.29 is 22.8 Å². The molecule has 0 unspecified atom stereocenters. The highest BCUT2D eigenvalue weighted by atomic mass is 19.2. The molecule has 1 fully saturated rings. The van der Waals surface area contributed by atoms with Crippen molar-refractivity contribution in [1.29, 1.82) is 0 Å². The summed E-state index contributed by atoms with van der Waals surface area (Å²) in [5.74, 6) is -0.300. The van der Waals surface area contributed by atoms with Gasteiger partial charge in [0.1, 0.15) is 12.4 Å². The van der Waals surface area contributed by atoms with E-state index in [1.54, 1.807) is 0 Å². The minimum atomic E-state index is -0.983. The van der Waals surface area contributed by atoms with E-state index in [4.69, 9.17) is 9.26 Å². The van der Waals surface area contributed by atoms with Crippen LogP contribution in [-0.2, 0) is 6.54 Å². The predicted octanol–water partition coefficient (Wildman–Crippen LogP) is 2.10. The van der Waals surface area contributed by atoms with Gasteiger partial charge in [0.05, 0.1) is 13.1 Å². The van der Waals surface area contributed by atoms with Gasteiger partial charge in [0.15, 0.2) is 17.5 Å². The molecule has 1 aliphatic rings. The van der Waals surface area contributed by atoms with Crippen LogP contribution in [0.25, 0.3) is 0 Å². The minimum absolute atomic E-state index is 0.116. The lowest BCUT2D eigenvalue weighted by atomic mass is 10.3. The molecular formula is C15H16F2N4O3. The molecule has 0 radical (unpaired) electrons. The van der Waals surface area contributed by atoms with Gasteiger partial charge in [-0.05, 0) is 25.0 Å². The number of hydrogen-bond donors (Lipinski definition) is 2. The van der Waals surface area contributed by atoms with E-state index in [2.05, 4.69) is 20.8 Å². The van der Waals surface area contributed by atoms with Gasteiger partial charge >= 0.3 is 6.03 Å². The van der Waals surface area contributed by atoms with Gasteiger partial charge in [-0.3, -0.25) is 0 Å². The summed E-state index contributed by atoms with van der Waals surface area (Å²) in [6, 6.07) is 2.81. The van der Waals surface area contributed by atoms with Crippen molar-refractivity contribution in [2.45, 2.75) is 25.3 Å². The number of ether oxygens (including phenoxy) is 1. The highest BCUT2D eigenvalue weighted by Gasteiger charge is 2.28. The molecule has 1 aliphatic carbocycles. The average molecular weight is 338 g/mol. The van der Waals surface area contributed by atoms with Crippen LogP contribution in [0.3, 0.4) is 0 Å². The second-order valence-electron chi connectivity index (χ2n) is 5.35. The first-order valence-corrected chi connectivity index (χ1v) is 7.54. The van der Waals surface area contributed by atoms with Gasteiger partial charge in [0.25, 0.3) is 0 Å². The molecule has 1 saturated carbocycles. The van der Waals surface area contributed by atoms with Crippen molar-refractivity contribution >= 4 is 6.03 Å². The summed E-state index contributed by atoms with van der Waals surface area (Å²) < 4.78 is 36.0. The van der Waals surface area contributed by atoms with E-state index in [9.17, 15) is 13.6 Å². The lowest BCUT2D eigenvalue weighted by Crippen LogP contribution is -2.37. The maximum absolute atomic E-state index is 13.0. The molecule has 0 atom stereocenters. The molecule has 0 spiro atoms. The van der Waals surface area contributed by atoms with E-state index < -0.39 is 17.7 Å². The Morgan fingerprint density at radius 3 is 2.88 bits per heavy atom. The molecule has 2 aromatic rings. The highest BCUT2D eigenvalue weighted by molar-refractivity contribution is 5.73. The summed E-state index contributed by atoms with van der Waals surface area (Å²) in [7, 11) is 0. The summed E-state index contributed by atoms with van der Waals surface area (Å²) in [5, 5.41) is 8.98. The molecule has 9 heteroatoms. The number of carbonyl (C=O) groups is 1. The largest absolute Gasteiger partial charge is 0.492 e. The number of amides is 2. The molecule has 1 aromatic carbocycles. The summed E-state index contributed by atoms with van der Waals surface area (Å²) >= 11 is 0. The summed E-state index contributed by atoms with van der Waals surface area (Å²) in [5.41, 5.74) is 0. The Morgan fingerprint density at radius 1 is 1.29 bits per heavy atom. The molecule has 1 heterocycles. The van der Waals surface area contributed by atoms with Crippen LogP contribution in [-0.4, -0.2) is 29.3 Å². The standard InChI is InChI=1S/C15H16F2N4O3/c16-11-4-3-10(7-12(11)17)23-6-5-18-15(22)19-8-13-20-14(21-24-13)9-1-2-9/h3-4,7,9H,1-2,5-6,8H2,(H2,18,19,22). The number of rotatable bonds is 7. The summed E-state index contributed by atoms with van der Waals surface area (Å²) in [4.78, 5) is 15.8. The fraction of sp³-hybridized carbons (Fsp3) is 0.400. The van der Waals surface area contributed by atoms with Gasteiger partial charge in [-0.15, -0.1) is 0 Å². The first-order valence-electron chi connectivity index (χ1n) is 7.54. The number of halogens is 2. The van der Waals surface area contributed by atoms with E-state index in [0.717, 1.165) is 25.0 Å². The molecule has 0 bridgehead atoms. The molecular weight excluding hydrogens is 322 g/mol. The van der Waals surface area contributed by atoms with Crippen LogP contribution < -0.4 is 15.4 Å². The molecule has 0 saturated heterocycles. The van der Waals surface area contributed by atoms with Gasteiger partial charge in [-0.2, -0.15) is 4.98 Å². The van der Waals surface area contributed by atoms with Crippen LogP contribution in [0.2, 0.25) is 0 Å². The molecule has 2 amide bonds. The molecule has 0 aliphatic heterocycles. The van der Waals surface area contributed by atoms with E-state index in [-0.39, 0.29) is 25.4 Å².